The number of piperidine rings is 1. The van der Waals surface area contributed by atoms with Gasteiger partial charge in [-0.05, 0) is 12.1 Å². The monoisotopic (exact) mass is 336 g/mol. The molecule has 0 bridgehead atoms. The van der Waals surface area contributed by atoms with Gasteiger partial charge < -0.3 is 10.6 Å². The Labute approximate surface area is 139 Å². The molecule has 0 spiro atoms. The maximum Gasteiger partial charge on any atom is 0.292 e. The van der Waals surface area contributed by atoms with Crippen molar-refractivity contribution in [1.82, 2.24) is 0 Å². The molecular formula is C16H19ClN3O3+. The first-order valence-electron chi connectivity index (χ1n) is 7.74. The molecule has 1 atom stereocenters. The topological polar surface area (TPSA) is 84.9 Å². The van der Waals surface area contributed by atoms with Crippen LogP contribution in [0.25, 0.3) is 0 Å². The van der Waals surface area contributed by atoms with Crippen molar-refractivity contribution in [2.45, 2.75) is 25.3 Å². The molecule has 2 aliphatic rings. The second-order valence-corrected chi connectivity index (χ2v) is 6.52. The van der Waals surface area contributed by atoms with Crippen LogP contribution in [0.3, 0.4) is 0 Å². The summed E-state index contributed by atoms with van der Waals surface area (Å²) in [5, 5.41) is 0.386. The zero-order valence-corrected chi connectivity index (χ0v) is 13.4. The van der Waals surface area contributed by atoms with Gasteiger partial charge in [-0.25, -0.2) is 4.90 Å². The van der Waals surface area contributed by atoms with Crippen molar-refractivity contribution in [3.05, 3.63) is 29.3 Å². The van der Waals surface area contributed by atoms with Crippen LogP contribution in [-0.2, 0) is 14.4 Å². The molecule has 0 saturated carbocycles. The maximum atomic E-state index is 12.7. The van der Waals surface area contributed by atoms with E-state index in [1.807, 2.05) is 0 Å². The van der Waals surface area contributed by atoms with E-state index in [1.54, 1.807) is 24.3 Å². The van der Waals surface area contributed by atoms with Gasteiger partial charge in [-0.3, -0.25) is 14.4 Å². The smallest absolute Gasteiger partial charge is 0.292 e. The molecule has 1 aromatic rings. The predicted octanol–water partition coefficient (Wildman–Crippen LogP) is -0.248. The number of rotatable bonds is 3. The molecule has 0 aliphatic carbocycles. The molecule has 3 rings (SSSR count). The lowest BCUT2D eigenvalue weighted by Crippen LogP contribution is -3.17. The number of primary amides is 1. The summed E-state index contributed by atoms with van der Waals surface area (Å²) in [6.45, 7) is 1.35. The lowest BCUT2D eigenvalue weighted by atomic mass is 9.95. The van der Waals surface area contributed by atoms with Gasteiger partial charge in [-0.15, -0.1) is 0 Å². The fourth-order valence-electron chi connectivity index (χ4n) is 3.46. The number of imide groups is 1. The van der Waals surface area contributed by atoms with Crippen molar-refractivity contribution in [3.63, 3.8) is 0 Å². The zero-order chi connectivity index (χ0) is 16.6. The van der Waals surface area contributed by atoms with Crippen molar-refractivity contribution in [1.29, 1.82) is 0 Å². The van der Waals surface area contributed by atoms with E-state index in [4.69, 9.17) is 17.3 Å². The highest BCUT2D eigenvalue weighted by Crippen LogP contribution is 2.29. The Morgan fingerprint density at radius 1 is 1.22 bits per heavy atom. The maximum absolute atomic E-state index is 12.7. The minimum absolute atomic E-state index is 0.120. The highest BCUT2D eigenvalue weighted by molar-refractivity contribution is 6.36. The Morgan fingerprint density at radius 2 is 1.87 bits per heavy atom. The fourth-order valence-corrected chi connectivity index (χ4v) is 3.68. The van der Waals surface area contributed by atoms with E-state index < -0.39 is 6.04 Å². The summed E-state index contributed by atoms with van der Waals surface area (Å²) in [6, 6.07) is 6.45. The van der Waals surface area contributed by atoms with E-state index in [0.29, 0.717) is 36.6 Å². The van der Waals surface area contributed by atoms with Gasteiger partial charge in [-0.1, -0.05) is 23.7 Å². The lowest BCUT2D eigenvalue weighted by molar-refractivity contribution is -0.920. The molecule has 2 fully saturated rings. The van der Waals surface area contributed by atoms with Crippen LogP contribution in [0.2, 0.25) is 5.02 Å². The second kappa shape index (κ2) is 6.29. The summed E-state index contributed by atoms with van der Waals surface area (Å²) in [6.07, 6.45) is 1.50. The van der Waals surface area contributed by atoms with E-state index in [2.05, 4.69) is 0 Å². The number of quaternary nitrogens is 1. The quantitative estimate of drug-likeness (QED) is 0.747. The van der Waals surface area contributed by atoms with Crippen molar-refractivity contribution < 1.29 is 19.3 Å². The summed E-state index contributed by atoms with van der Waals surface area (Å²) in [5.74, 6) is -0.838. The van der Waals surface area contributed by atoms with Crippen LogP contribution in [0.4, 0.5) is 5.69 Å². The molecule has 0 unspecified atom stereocenters. The summed E-state index contributed by atoms with van der Waals surface area (Å²) in [5.41, 5.74) is 5.78. The molecular weight excluding hydrogens is 318 g/mol. The normalized spacial score (nSPS) is 28.2. The molecule has 23 heavy (non-hydrogen) atoms. The third-order valence-electron chi connectivity index (χ3n) is 4.76. The lowest BCUT2D eigenvalue weighted by Gasteiger charge is -2.30. The van der Waals surface area contributed by atoms with Gasteiger partial charge in [0.1, 0.15) is 0 Å². The Balaban J connectivity index is 1.75. The molecule has 2 saturated heterocycles. The summed E-state index contributed by atoms with van der Waals surface area (Å²) >= 11 is 6.12. The Morgan fingerprint density at radius 3 is 2.48 bits per heavy atom. The number of amides is 3. The number of nitrogens with two attached hydrogens (primary N) is 1. The summed E-state index contributed by atoms with van der Waals surface area (Å²) in [4.78, 5) is 38.5. The van der Waals surface area contributed by atoms with Crippen LogP contribution in [0.5, 0.6) is 0 Å². The molecule has 0 aromatic heterocycles. The van der Waals surface area contributed by atoms with Gasteiger partial charge in [0.25, 0.3) is 5.91 Å². The predicted molar refractivity (Wildman–Crippen MR) is 85.0 cm³/mol. The van der Waals surface area contributed by atoms with Gasteiger partial charge in [0.15, 0.2) is 6.04 Å². The Bertz CT molecular complexity index is 656. The van der Waals surface area contributed by atoms with Crippen LogP contribution < -0.4 is 15.5 Å². The number of carbonyl (C=O) groups is 3. The number of hydrogen-bond donors (Lipinski definition) is 2. The van der Waals surface area contributed by atoms with E-state index >= 15 is 0 Å². The third-order valence-corrected chi connectivity index (χ3v) is 5.08. The number of carbonyl (C=O) groups excluding carboxylic acids is 3. The summed E-state index contributed by atoms with van der Waals surface area (Å²) < 4.78 is 0. The first kappa shape index (κ1) is 16.0. The first-order valence-corrected chi connectivity index (χ1v) is 8.12. The zero-order valence-electron chi connectivity index (χ0n) is 12.6. The standard InChI is InChI=1S/C16H18ClN3O3/c17-11-3-1-2-4-12(11)20-14(21)9-13(16(20)23)19-7-5-10(6-8-19)15(18)22/h1-4,10,13H,5-9H2,(H2,18,22)/p+1/t13-/m0/s1. The molecule has 3 N–H and O–H groups in total. The minimum Gasteiger partial charge on any atom is -0.369 e. The highest BCUT2D eigenvalue weighted by atomic mass is 35.5. The van der Waals surface area contributed by atoms with E-state index in [9.17, 15) is 14.4 Å². The number of hydrogen-bond acceptors (Lipinski definition) is 3. The molecule has 0 radical (unpaired) electrons. The molecule has 2 aliphatic heterocycles. The highest BCUT2D eigenvalue weighted by Gasteiger charge is 2.47. The van der Waals surface area contributed by atoms with E-state index in [-0.39, 0.29) is 30.1 Å². The fraction of sp³-hybridized carbons (Fsp3) is 0.438. The number of nitrogens with one attached hydrogen (secondary N) is 1. The van der Waals surface area contributed by atoms with Gasteiger partial charge in [-0.2, -0.15) is 0 Å². The van der Waals surface area contributed by atoms with Crippen LogP contribution in [0.15, 0.2) is 24.3 Å². The number of nitrogens with zero attached hydrogens (tertiary/aromatic N) is 1. The number of benzene rings is 1. The molecule has 7 heteroatoms. The Kier molecular flexibility index (Phi) is 4.37. The van der Waals surface area contributed by atoms with Crippen LogP contribution in [-0.4, -0.2) is 36.9 Å². The average Bonchev–Trinajstić information content (AvgIpc) is 2.83. The van der Waals surface area contributed by atoms with Crippen molar-refractivity contribution in [3.8, 4) is 0 Å². The first-order chi connectivity index (χ1) is 11.0. The van der Waals surface area contributed by atoms with E-state index in [0.717, 1.165) is 4.90 Å². The third kappa shape index (κ3) is 2.96. The molecule has 3 amide bonds. The number of anilines is 1. The van der Waals surface area contributed by atoms with Crippen LogP contribution in [0, 0.1) is 5.92 Å². The largest absolute Gasteiger partial charge is 0.369 e. The molecule has 6 nitrogen and oxygen atoms in total. The van der Waals surface area contributed by atoms with Crippen LogP contribution in [0.1, 0.15) is 19.3 Å². The van der Waals surface area contributed by atoms with Crippen LogP contribution >= 0.6 is 11.6 Å². The van der Waals surface area contributed by atoms with Gasteiger partial charge in [0, 0.05) is 18.8 Å². The Hall–Kier alpha value is -1.92. The number of likely N-dealkylation sites (tertiary alicyclic amines) is 1. The number of halogens is 1. The molecule has 1 aromatic carbocycles. The average molecular weight is 337 g/mol. The number of para-hydroxylation sites is 1. The second-order valence-electron chi connectivity index (χ2n) is 6.11. The van der Waals surface area contributed by atoms with Crippen molar-refractivity contribution >= 4 is 35.0 Å². The van der Waals surface area contributed by atoms with Gasteiger partial charge in [0.2, 0.25) is 11.8 Å². The van der Waals surface area contributed by atoms with Crippen molar-refractivity contribution in [2.75, 3.05) is 18.0 Å². The SMILES string of the molecule is NC(=O)C1CC[NH+]([C@H]2CC(=O)N(c3ccccc3Cl)C2=O)CC1. The minimum atomic E-state index is -0.396. The van der Waals surface area contributed by atoms with Gasteiger partial charge >= 0.3 is 0 Å². The molecule has 2 heterocycles. The summed E-state index contributed by atoms with van der Waals surface area (Å²) in [7, 11) is 0. The van der Waals surface area contributed by atoms with E-state index in [1.165, 1.54) is 4.90 Å². The van der Waals surface area contributed by atoms with Crippen molar-refractivity contribution in [2.24, 2.45) is 11.7 Å². The molecule has 122 valence electrons. The van der Waals surface area contributed by atoms with Gasteiger partial charge in [0.05, 0.1) is 30.2 Å².